The van der Waals surface area contributed by atoms with E-state index in [4.69, 9.17) is 21.6 Å². The molecule has 0 saturated carbocycles. The molecule has 2 aromatic carbocycles. The predicted molar refractivity (Wildman–Crippen MR) is 76.6 cm³/mol. The van der Waals surface area contributed by atoms with Crippen LogP contribution < -0.4 is 5.32 Å². The first-order valence-corrected chi connectivity index (χ1v) is 6.15. The van der Waals surface area contributed by atoms with E-state index in [9.17, 15) is 0 Å². The van der Waals surface area contributed by atoms with Crippen molar-refractivity contribution in [2.75, 3.05) is 12.4 Å². The van der Waals surface area contributed by atoms with Crippen LogP contribution >= 0.6 is 11.6 Å². The van der Waals surface area contributed by atoms with Crippen LogP contribution in [0.4, 0.5) is 11.4 Å². The second-order valence-corrected chi connectivity index (χ2v) is 4.47. The highest BCUT2D eigenvalue weighted by Gasteiger charge is 2.03. The first kappa shape index (κ1) is 13.4. The van der Waals surface area contributed by atoms with Gasteiger partial charge in [-0.15, -0.1) is 0 Å². The number of anilines is 2. The molecular weight excluding hydrogens is 260 g/mol. The number of nitrogens with one attached hydrogen (secondary N) is 1. The van der Waals surface area contributed by atoms with E-state index in [0.29, 0.717) is 17.2 Å². The number of nitrogens with zero attached hydrogens (tertiary/aromatic N) is 1. The van der Waals surface area contributed by atoms with E-state index >= 15 is 0 Å². The predicted octanol–water partition coefficient (Wildman–Crippen LogP) is 4.10. The van der Waals surface area contributed by atoms with Gasteiger partial charge in [-0.2, -0.15) is 5.26 Å². The molecule has 0 heterocycles. The summed E-state index contributed by atoms with van der Waals surface area (Å²) in [6.07, 6.45) is 0. The van der Waals surface area contributed by atoms with Crippen LogP contribution in [0.1, 0.15) is 11.1 Å². The molecule has 0 aliphatic carbocycles. The maximum atomic E-state index is 8.80. The highest BCUT2D eigenvalue weighted by Crippen LogP contribution is 2.26. The first-order valence-electron chi connectivity index (χ1n) is 5.77. The average Bonchev–Trinajstić information content (AvgIpc) is 2.42. The molecule has 3 nitrogen and oxygen atoms in total. The van der Waals surface area contributed by atoms with Crippen molar-refractivity contribution in [2.45, 2.75) is 6.61 Å². The van der Waals surface area contributed by atoms with Gasteiger partial charge in [0.2, 0.25) is 0 Å². The molecular formula is C15H13ClN2O. The molecule has 0 atom stereocenters. The summed E-state index contributed by atoms with van der Waals surface area (Å²) in [7, 11) is 1.66. The van der Waals surface area contributed by atoms with Gasteiger partial charge in [-0.25, -0.2) is 0 Å². The van der Waals surface area contributed by atoms with Crippen LogP contribution in [0.15, 0.2) is 42.5 Å². The molecule has 0 unspecified atom stereocenters. The van der Waals surface area contributed by atoms with E-state index in [2.05, 4.69) is 11.4 Å². The second-order valence-electron chi connectivity index (χ2n) is 4.06. The third-order valence-corrected chi connectivity index (χ3v) is 2.93. The van der Waals surface area contributed by atoms with Gasteiger partial charge in [0.25, 0.3) is 0 Å². The Balaban J connectivity index is 2.21. The standard InChI is InChI=1S/C15H13ClN2O/c1-19-10-12-3-2-4-13(7-12)18-15-6-5-11(9-17)8-14(15)16/h2-8,18H,10H2,1H3. The number of benzene rings is 2. The summed E-state index contributed by atoms with van der Waals surface area (Å²) in [6.45, 7) is 0.566. The van der Waals surface area contributed by atoms with Crippen molar-refractivity contribution >= 4 is 23.0 Å². The highest BCUT2D eigenvalue weighted by atomic mass is 35.5. The lowest BCUT2D eigenvalue weighted by atomic mass is 10.2. The number of rotatable bonds is 4. The van der Waals surface area contributed by atoms with Gasteiger partial charge in [0, 0.05) is 12.8 Å². The Morgan fingerprint density at radius 2 is 2.11 bits per heavy atom. The zero-order chi connectivity index (χ0) is 13.7. The lowest BCUT2D eigenvalue weighted by Crippen LogP contribution is -1.94. The van der Waals surface area contributed by atoms with E-state index in [1.807, 2.05) is 24.3 Å². The van der Waals surface area contributed by atoms with Crippen LogP contribution in [0.25, 0.3) is 0 Å². The minimum absolute atomic E-state index is 0.524. The quantitative estimate of drug-likeness (QED) is 0.911. The number of nitriles is 1. The number of hydrogen-bond acceptors (Lipinski definition) is 3. The zero-order valence-electron chi connectivity index (χ0n) is 10.5. The smallest absolute Gasteiger partial charge is 0.0992 e. The van der Waals surface area contributed by atoms with Crippen molar-refractivity contribution in [3.8, 4) is 6.07 Å². The molecule has 19 heavy (non-hydrogen) atoms. The molecule has 0 aliphatic rings. The SMILES string of the molecule is COCc1cccc(Nc2ccc(C#N)cc2Cl)c1. The lowest BCUT2D eigenvalue weighted by molar-refractivity contribution is 0.185. The minimum Gasteiger partial charge on any atom is -0.380 e. The largest absolute Gasteiger partial charge is 0.380 e. The van der Waals surface area contributed by atoms with Gasteiger partial charge < -0.3 is 10.1 Å². The monoisotopic (exact) mass is 272 g/mol. The Bertz CT molecular complexity index is 620. The molecule has 1 N–H and O–H groups in total. The molecule has 0 bridgehead atoms. The molecule has 0 saturated heterocycles. The lowest BCUT2D eigenvalue weighted by Gasteiger charge is -2.10. The van der Waals surface area contributed by atoms with Gasteiger partial charge in [0.05, 0.1) is 28.9 Å². The summed E-state index contributed by atoms with van der Waals surface area (Å²) < 4.78 is 5.10. The van der Waals surface area contributed by atoms with Crippen LogP contribution in [-0.4, -0.2) is 7.11 Å². The molecule has 0 aromatic heterocycles. The summed E-state index contributed by atoms with van der Waals surface area (Å²) in [5.41, 5.74) is 3.33. The molecule has 0 spiro atoms. The number of ether oxygens (including phenoxy) is 1. The molecule has 2 aromatic rings. The molecule has 0 aliphatic heterocycles. The molecule has 0 amide bonds. The molecule has 0 fully saturated rings. The van der Waals surface area contributed by atoms with E-state index in [-0.39, 0.29) is 0 Å². The summed E-state index contributed by atoms with van der Waals surface area (Å²) in [6, 6.07) is 15.1. The normalized spacial score (nSPS) is 9.95. The van der Waals surface area contributed by atoms with Gasteiger partial charge in [-0.05, 0) is 35.9 Å². The van der Waals surface area contributed by atoms with Gasteiger partial charge in [0.1, 0.15) is 0 Å². The Morgan fingerprint density at radius 3 is 2.79 bits per heavy atom. The third-order valence-electron chi connectivity index (χ3n) is 2.62. The summed E-state index contributed by atoms with van der Waals surface area (Å²) in [5, 5.41) is 12.5. The van der Waals surface area contributed by atoms with Crippen LogP contribution in [-0.2, 0) is 11.3 Å². The van der Waals surface area contributed by atoms with Gasteiger partial charge in [0.15, 0.2) is 0 Å². The minimum atomic E-state index is 0.524. The Morgan fingerprint density at radius 1 is 1.26 bits per heavy atom. The second kappa shape index (κ2) is 6.24. The molecule has 4 heteroatoms. The number of hydrogen-bond donors (Lipinski definition) is 1. The summed E-state index contributed by atoms with van der Waals surface area (Å²) >= 11 is 6.12. The van der Waals surface area contributed by atoms with Gasteiger partial charge in [-0.1, -0.05) is 23.7 Å². The maximum Gasteiger partial charge on any atom is 0.0992 e. The van der Waals surface area contributed by atoms with Crippen molar-refractivity contribution in [3.63, 3.8) is 0 Å². The van der Waals surface area contributed by atoms with Crippen molar-refractivity contribution in [3.05, 3.63) is 58.6 Å². The maximum absolute atomic E-state index is 8.80. The van der Waals surface area contributed by atoms with E-state index in [0.717, 1.165) is 16.9 Å². The van der Waals surface area contributed by atoms with Crippen molar-refractivity contribution in [1.82, 2.24) is 0 Å². The molecule has 0 radical (unpaired) electrons. The fourth-order valence-corrected chi connectivity index (χ4v) is 1.97. The topological polar surface area (TPSA) is 45.0 Å². The van der Waals surface area contributed by atoms with Crippen molar-refractivity contribution in [1.29, 1.82) is 5.26 Å². The van der Waals surface area contributed by atoms with Crippen LogP contribution in [0, 0.1) is 11.3 Å². The third kappa shape index (κ3) is 3.47. The van der Waals surface area contributed by atoms with Crippen molar-refractivity contribution < 1.29 is 4.74 Å². The zero-order valence-corrected chi connectivity index (χ0v) is 11.2. The summed E-state index contributed by atoms with van der Waals surface area (Å²) in [5.74, 6) is 0. The molecule has 96 valence electrons. The van der Waals surface area contributed by atoms with Gasteiger partial charge in [-0.3, -0.25) is 0 Å². The Kier molecular flexibility index (Phi) is 4.40. The first-order chi connectivity index (χ1) is 9.22. The molecule has 2 rings (SSSR count). The summed E-state index contributed by atoms with van der Waals surface area (Å²) in [4.78, 5) is 0. The number of halogens is 1. The van der Waals surface area contributed by atoms with E-state index in [1.54, 1.807) is 25.3 Å². The Hall–Kier alpha value is -2.02. The van der Waals surface area contributed by atoms with E-state index < -0.39 is 0 Å². The fraction of sp³-hybridized carbons (Fsp3) is 0.133. The van der Waals surface area contributed by atoms with Gasteiger partial charge >= 0.3 is 0 Å². The van der Waals surface area contributed by atoms with Crippen LogP contribution in [0.3, 0.4) is 0 Å². The Labute approximate surface area is 117 Å². The van der Waals surface area contributed by atoms with Crippen LogP contribution in [0.5, 0.6) is 0 Å². The number of methoxy groups -OCH3 is 1. The fourth-order valence-electron chi connectivity index (χ4n) is 1.75. The highest BCUT2D eigenvalue weighted by molar-refractivity contribution is 6.33. The van der Waals surface area contributed by atoms with Crippen LogP contribution in [0.2, 0.25) is 5.02 Å². The average molecular weight is 273 g/mol. The van der Waals surface area contributed by atoms with E-state index in [1.165, 1.54) is 0 Å². The van der Waals surface area contributed by atoms with Crippen molar-refractivity contribution in [2.24, 2.45) is 0 Å².